The fourth-order valence-corrected chi connectivity index (χ4v) is 2.31. The van der Waals surface area contributed by atoms with E-state index in [1.165, 1.54) is 25.6 Å². The van der Waals surface area contributed by atoms with Crippen molar-refractivity contribution < 1.29 is 34.2 Å². The third-order valence-corrected chi connectivity index (χ3v) is 4.04. The van der Waals surface area contributed by atoms with Crippen molar-refractivity contribution in [1.29, 1.82) is 0 Å². The maximum Gasteiger partial charge on any atom is 0.325 e. The Morgan fingerprint density at radius 1 is 0.926 bits per heavy atom. The number of hydrogen-bond acceptors (Lipinski definition) is 7. The summed E-state index contributed by atoms with van der Waals surface area (Å²) < 4.78 is 0. The Kier molecular flexibility index (Phi) is 11.1. The Bertz CT molecular complexity index is 570. The van der Waals surface area contributed by atoms with Crippen molar-refractivity contribution in [3.8, 4) is 0 Å². The lowest BCUT2D eigenvalue weighted by Crippen LogP contribution is -2.57. The first-order valence-corrected chi connectivity index (χ1v) is 9.49. The lowest BCUT2D eigenvalue weighted by molar-refractivity contribution is -0.143. The molecule has 4 atom stereocenters. The summed E-state index contributed by atoms with van der Waals surface area (Å²) in [5, 5.41) is 24.7. The van der Waals surface area contributed by atoms with Crippen molar-refractivity contribution in [2.45, 2.75) is 50.9 Å². The van der Waals surface area contributed by atoms with E-state index in [-0.39, 0.29) is 6.42 Å². The van der Waals surface area contributed by atoms with E-state index in [0.29, 0.717) is 5.75 Å². The Labute approximate surface area is 160 Å². The monoisotopic (exact) mass is 406 g/mol. The summed E-state index contributed by atoms with van der Waals surface area (Å²) in [5.41, 5.74) is 5.40. The lowest BCUT2D eigenvalue weighted by atomic mass is 10.1. The molecule has 0 aliphatic heterocycles. The molecule has 4 unspecified atom stereocenters. The number of rotatable bonds is 12. The highest BCUT2D eigenvalue weighted by Gasteiger charge is 2.29. The van der Waals surface area contributed by atoms with Gasteiger partial charge in [0, 0.05) is 0 Å². The first-order chi connectivity index (χ1) is 12.5. The molecular formula is C15H26N4O7S. The predicted octanol–water partition coefficient (Wildman–Crippen LogP) is -1.88. The molecule has 3 amide bonds. The highest BCUT2D eigenvalue weighted by molar-refractivity contribution is 7.98. The summed E-state index contributed by atoms with van der Waals surface area (Å²) in [6.45, 7) is 2.64. The van der Waals surface area contributed by atoms with Crippen LogP contribution in [0.1, 0.15) is 26.7 Å². The molecule has 0 saturated heterocycles. The number of amides is 3. The zero-order valence-electron chi connectivity index (χ0n) is 15.4. The topological polar surface area (TPSA) is 188 Å². The molecule has 0 saturated carbocycles. The van der Waals surface area contributed by atoms with E-state index in [9.17, 15) is 24.0 Å². The molecule has 0 fully saturated rings. The molecule has 0 bridgehead atoms. The molecule has 0 heterocycles. The van der Waals surface area contributed by atoms with Gasteiger partial charge in [-0.1, -0.05) is 0 Å². The van der Waals surface area contributed by atoms with Gasteiger partial charge < -0.3 is 31.9 Å². The quantitative estimate of drug-likeness (QED) is 0.215. The molecule has 0 rings (SSSR count). The van der Waals surface area contributed by atoms with Crippen molar-refractivity contribution in [3.63, 3.8) is 0 Å². The minimum atomic E-state index is -1.43. The van der Waals surface area contributed by atoms with Gasteiger partial charge in [-0.2, -0.15) is 11.8 Å². The van der Waals surface area contributed by atoms with Gasteiger partial charge >= 0.3 is 11.9 Å². The van der Waals surface area contributed by atoms with Crippen molar-refractivity contribution >= 4 is 41.4 Å². The molecule has 27 heavy (non-hydrogen) atoms. The zero-order chi connectivity index (χ0) is 21.1. The van der Waals surface area contributed by atoms with E-state index in [0.717, 1.165) is 0 Å². The normalized spacial score (nSPS) is 15.0. The van der Waals surface area contributed by atoms with Crippen LogP contribution in [0.5, 0.6) is 0 Å². The number of nitrogens with two attached hydrogens (primary N) is 1. The van der Waals surface area contributed by atoms with E-state index in [4.69, 9.17) is 15.9 Å². The Morgan fingerprint density at radius 3 is 1.89 bits per heavy atom. The van der Waals surface area contributed by atoms with Gasteiger partial charge in [0.25, 0.3) is 0 Å². The van der Waals surface area contributed by atoms with E-state index in [1.54, 1.807) is 6.26 Å². The van der Waals surface area contributed by atoms with Crippen LogP contribution in [0.25, 0.3) is 0 Å². The van der Waals surface area contributed by atoms with Crippen LogP contribution >= 0.6 is 11.8 Å². The maximum atomic E-state index is 12.4. The molecule has 7 N–H and O–H groups in total. The molecule has 12 heteroatoms. The smallest absolute Gasteiger partial charge is 0.325 e. The molecule has 0 radical (unpaired) electrons. The third-order valence-electron chi connectivity index (χ3n) is 3.40. The second-order valence-electron chi connectivity index (χ2n) is 5.86. The van der Waals surface area contributed by atoms with Crippen LogP contribution in [0.4, 0.5) is 0 Å². The minimum absolute atomic E-state index is 0.187. The minimum Gasteiger partial charge on any atom is -0.481 e. The summed E-state index contributed by atoms with van der Waals surface area (Å²) in [6.07, 6.45) is 1.27. The van der Waals surface area contributed by atoms with Crippen LogP contribution in [0.2, 0.25) is 0 Å². The summed E-state index contributed by atoms with van der Waals surface area (Å²) >= 11 is 1.41. The van der Waals surface area contributed by atoms with Gasteiger partial charge in [-0.25, -0.2) is 0 Å². The number of carboxylic acids is 2. The molecule has 11 nitrogen and oxygen atoms in total. The van der Waals surface area contributed by atoms with E-state index in [2.05, 4.69) is 16.0 Å². The molecule has 0 aliphatic rings. The van der Waals surface area contributed by atoms with Crippen LogP contribution in [0.15, 0.2) is 0 Å². The molecule has 154 valence electrons. The second kappa shape index (κ2) is 12.1. The lowest BCUT2D eigenvalue weighted by Gasteiger charge is -2.23. The number of carbonyl (C=O) groups excluding carboxylic acids is 3. The number of thioether (sulfide) groups is 1. The van der Waals surface area contributed by atoms with Gasteiger partial charge in [0.05, 0.1) is 12.5 Å². The van der Waals surface area contributed by atoms with Crippen molar-refractivity contribution in [1.82, 2.24) is 16.0 Å². The number of carbonyl (C=O) groups is 5. The molecule has 0 aromatic heterocycles. The van der Waals surface area contributed by atoms with Crippen LogP contribution in [-0.2, 0) is 24.0 Å². The second-order valence-corrected chi connectivity index (χ2v) is 6.84. The maximum absolute atomic E-state index is 12.4. The van der Waals surface area contributed by atoms with Gasteiger partial charge in [0.1, 0.15) is 18.1 Å². The molecule has 0 aliphatic carbocycles. The van der Waals surface area contributed by atoms with Gasteiger partial charge in [0.15, 0.2) is 0 Å². The van der Waals surface area contributed by atoms with Crippen LogP contribution in [0.3, 0.4) is 0 Å². The standard InChI is InChI=1S/C15H26N4O7S/c1-7(16)12(22)19-10(6-11(20)21)14(24)18-9(4-5-27-3)13(23)17-8(2)15(25)26/h7-10H,4-6,16H2,1-3H3,(H,17,23)(H,18,24)(H,19,22)(H,20,21)(H,25,26). The van der Waals surface area contributed by atoms with Crippen molar-refractivity contribution in [2.75, 3.05) is 12.0 Å². The zero-order valence-corrected chi connectivity index (χ0v) is 16.2. The molecule has 0 aromatic carbocycles. The van der Waals surface area contributed by atoms with Crippen LogP contribution in [0, 0.1) is 0 Å². The third kappa shape index (κ3) is 9.80. The highest BCUT2D eigenvalue weighted by atomic mass is 32.2. The summed E-state index contributed by atoms with van der Waals surface area (Å²) in [5.74, 6) is -4.41. The number of aliphatic carboxylic acids is 2. The fourth-order valence-electron chi connectivity index (χ4n) is 1.84. The molecule has 0 spiro atoms. The SMILES string of the molecule is CSCCC(NC(=O)C(CC(=O)O)NC(=O)C(C)N)C(=O)NC(C)C(=O)O. The highest BCUT2D eigenvalue weighted by Crippen LogP contribution is 2.04. The Hall–Kier alpha value is -2.34. The van der Waals surface area contributed by atoms with Gasteiger partial charge in [-0.15, -0.1) is 0 Å². The summed E-state index contributed by atoms with van der Waals surface area (Å²) in [7, 11) is 0. The van der Waals surface area contributed by atoms with Crippen molar-refractivity contribution in [3.05, 3.63) is 0 Å². The van der Waals surface area contributed by atoms with Crippen LogP contribution < -0.4 is 21.7 Å². The van der Waals surface area contributed by atoms with Gasteiger partial charge in [-0.3, -0.25) is 24.0 Å². The van der Waals surface area contributed by atoms with E-state index < -0.39 is 60.2 Å². The number of carboxylic acid groups (broad SMARTS) is 2. The first kappa shape index (κ1) is 24.7. The van der Waals surface area contributed by atoms with E-state index in [1.807, 2.05) is 0 Å². The van der Waals surface area contributed by atoms with E-state index >= 15 is 0 Å². The number of hydrogen-bond donors (Lipinski definition) is 6. The van der Waals surface area contributed by atoms with Crippen molar-refractivity contribution in [2.24, 2.45) is 5.73 Å². The van der Waals surface area contributed by atoms with Gasteiger partial charge in [0.2, 0.25) is 17.7 Å². The average molecular weight is 406 g/mol. The van der Waals surface area contributed by atoms with Gasteiger partial charge in [-0.05, 0) is 32.3 Å². The summed E-state index contributed by atoms with van der Waals surface area (Å²) in [4.78, 5) is 58.2. The predicted molar refractivity (Wildman–Crippen MR) is 98.0 cm³/mol. The summed E-state index contributed by atoms with van der Waals surface area (Å²) in [6, 6.07) is -4.64. The first-order valence-electron chi connectivity index (χ1n) is 8.09. The Morgan fingerprint density at radius 2 is 1.44 bits per heavy atom. The Balaban J connectivity index is 5.22. The fraction of sp³-hybridized carbons (Fsp3) is 0.667. The average Bonchev–Trinajstić information content (AvgIpc) is 2.56. The number of nitrogens with one attached hydrogen (secondary N) is 3. The molecule has 0 aromatic rings. The van der Waals surface area contributed by atoms with Crippen LogP contribution in [-0.4, -0.2) is 76.0 Å². The largest absolute Gasteiger partial charge is 0.481 e. The molecular weight excluding hydrogens is 380 g/mol.